The Morgan fingerprint density at radius 2 is 1.65 bits per heavy atom. The van der Waals surface area contributed by atoms with Crippen molar-refractivity contribution in [2.75, 3.05) is 20.3 Å². The second-order valence-electron chi connectivity index (χ2n) is 2.97. The van der Waals surface area contributed by atoms with Crippen molar-refractivity contribution < 1.29 is 41.6 Å². The fraction of sp³-hybridized carbons (Fsp3) is 0.727. The van der Waals surface area contributed by atoms with Gasteiger partial charge < -0.3 is 10.2 Å². The summed E-state index contributed by atoms with van der Waals surface area (Å²) in [4.78, 5) is 10.1. The van der Waals surface area contributed by atoms with Gasteiger partial charge in [-0.2, -0.15) is 0 Å². The van der Waals surface area contributed by atoms with E-state index in [0.717, 1.165) is 12.2 Å². The average Bonchev–Trinajstić information content (AvgIpc) is 2.26. The molecule has 0 aliphatic carbocycles. The molecule has 0 saturated heterocycles. The Hall–Kier alpha value is -0.196. The molecule has 102 valence electrons. The average molecular weight is 284 g/mol. The van der Waals surface area contributed by atoms with Crippen LogP contribution in [0.3, 0.4) is 0 Å². The summed E-state index contributed by atoms with van der Waals surface area (Å²) >= 11 is -0.479. The summed E-state index contributed by atoms with van der Waals surface area (Å²) in [6.45, 7) is 9.83. The van der Waals surface area contributed by atoms with Crippen molar-refractivity contribution in [2.24, 2.45) is 0 Å². The molecule has 0 aliphatic heterocycles. The van der Waals surface area contributed by atoms with E-state index in [4.69, 9.17) is 13.5 Å². The van der Waals surface area contributed by atoms with Crippen molar-refractivity contribution in [2.45, 2.75) is 34.6 Å². The van der Waals surface area contributed by atoms with Crippen LogP contribution < -0.4 is 0 Å². The molecule has 0 spiro atoms. The van der Waals surface area contributed by atoms with Crippen molar-refractivity contribution in [3.05, 3.63) is 11.1 Å². The van der Waals surface area contributed by atoms with Gasteiger partial charge in [-0.3, -0.25) is 0 Å². The van der Waals surface area contributed by atoms with E-state index < -0.39 is 25.9 Å². The molecule has 2 N–H and O–H groups in total. The molecule has 0 rings (SSSR count). The summed E-state index contributed by atoms with van der Waals surface area (Å²) in [5, 5.41) is 15.9. The second kappa shape index (κ2) is 18.2. The Bertz CT molecular complexity index is 196. The van der Waals surface area contributed by atoms with Crippen LogP contribution in [0.15, 0.2) is 11.1 Å². The van der Waals surface area contributed by atoms with E-state index in [9.17, 15) is 4.79 Å². The third kappa shape index (κ3) is 25.8. The molecule has 0 bridgehead atoms. The van der Waals surface area contributed by atoms with Gasteiger partial charge in [0.25, 0.3) is 0 Å². The van der Waals surface area contributed by atoms with E-state index in [-0.39, 0.29) is 6.61 Å². The quantitative estimate of drug-likeness (QED) is 0.469. The molecule has 0 amide bonds. The molecule has 0 aromatic heterocycles. The first-order valence-electron chi connectivity index (χ1n) is 5.26. The Balaban J connectivity index is -0.000000193. The van der Waals surface area contributed by atoms with Crippen LogP contribution in [0.1, 0.15) is 34.6 Å². The molecule has 0 heterocycles. The SMILES string of the molecule is CC(C)=C(C)C(=O)O.CCO.CC[O][Ti][O]C. The molecule has 0 aromatic carbocycles. The predicted molar refractivity (Wildman–Crippen MR) is 63.1 cm³/mol. The summed E-state index contributed by atoms with van der Waals surface area (Å²) in [5.41, 5.74) is 1.29. The number of hydrogen-bond acceptors (Lipinski definition) is 4. The monoisotopic (exact) mass is 284 g/mol. The number of hydrogen-bond donors (Lipinski definition) is 2. The molecular weight excluding hydrogens is 260 g/mol. The summed E-state index contributed by atoms with van der Waals surface area (Å²) < 4.78 is 9.57. The molecule has 0 aromatic rings. The van der Waals surface area contributed by atoms with Gasteiger partial charge in [0.15, 0.2) is 0 Å². The molecule has 5 nitrogen and oxygen atoms in total. The number of aliphatic hydroxyl groups is 1. The number of carboxylic acids is 1. The molecular formula is C11H24O5Ti. The molecule has 0 atom stereocenters. The van der Waals surface area contributed by atoms with Crippen molar-refractivity contribution in [3.63, 3.8) is 0 Å². The Kier molecular flexibility index (Phi) is 23.6. The fourth-order valence-electron chi connectivity index (χ4n) is 0.332. The van der Waals surface area contributed by atoms with E-state index in [1.165, 1.54) is 0 Å². The topological polar surface area (TPSA) is 76.0 Å². The summed E-state index contributed by atoms with van der Waals surface area (Å²) in [7, 11) is 1.66. The summed E-state index contributed by atoms with van der Waals surface area (Å²) in [5.74, 6) is -0.829. The zero-order chi connectivity index (χ0) is 14.3. The minimum atomic E-state index is -0.829. The van der Waals surface area contributed by atoms with Gasteiger partial charge in [0.05, 0.1) is 0 Å². The fourth-order valence-corrected chi connectivity index (χ4v) is 0.700. The number of carbonyl (C=O) groups is 1. The number of aliphatic carboxylic acids is 1. The standard InChI is InChI=1S/C6H10O2.C2H6O.C2H5O.CH3O.Ti/c1-4(2)5(3)6(7)8;2*1-2-3;1-2;/h1-3H3,(H,7,8);3H,2H2,1H3;2H2,1H3;1H3;/q;;2*-1;+2. The zero-order valence-electron chi connectivity index (χ0n) is 11.5. The van der Waals surface area contributed by atoms with Gasteiger partial charge in [-0.15, -0.1) is 0 Å². The van der Waals surface area contributed by atoms with Crippen molar-refractivity contribution in [1.29, 1.82) is 0 Å². The van der Waals surface area contributed by atoms with Gasteiger partial charge >= 0.3 is 53.2 Å². The predicted octanol–water partition coefficient (Wildman–Crippen LogP) is 2.01. The first kappa shape index (κ1) is 22.0. The Morgan fingerprint density at radius 1 is 1.24 bits per heavy atom. The van der Waals surface area contributed by atoms with Crippen molar-refractivity contribution in [3.8, 4) is 0 Å². The molecule has 0 aliphatic rings. The first-order chi connectivity index (χ1) is 7.88. The van der Waals surface area contributed by atoms with Crippen LogP contribution >= 0.6 is 0 Å². The maximum absolute atomic E-state index is 10.1. The zero-order valence-corrected chi connectivity index (χ0v) is 13.1. The van der Waals surface area contributed by atoms with Crippen LogP contribution in [0.25, 0.3) is 0 Å². The Morgan fingerprint density at radius 3 is 1.71 bits per heavy atom. The van der Waals surface area contributed by atoms with Crippen LogP contribution in [-0.4, -0.2) is 36.5 Å². The minimum absolute atomic E-state index is 0.250. The van der Waals surface area contributed by atoms with Crippen LogP contribution in [0.5, 0.6) is 0 Å². The Labute approximate surface area is 114 Å². The summed E-state index contributed by atoms with van der Waals surface area (Å²) in [6, 6.07) is 0. The van der Waals surface area contributed by atoms with Crippen LogP contribution in [0.4, 0.5) is 0 Å². The van der Waals surface area contributed by atoms with Gasteiger partial charge in [-0.25, -0.2) is 4.79 Å². The molecule has 0 unspecified atom stereocenters. The van der Waals surface area contributed by atoms with Crippen molar-refractivity contribution >= 4 is 5.97 Å². The van der Waals surface area contributed by atoms with Crippen molar-refractivity contribution in [1.82, 2.24) is 0 Å². The van der Waals surface area contributed by atoms with Crippen LogP contribution in [0, 0.1) is 0 Å². The van der Waals surface area contributed by atoms with Gasteiger partial charge in [-0.05, 0) is 27.7 Å². The third-order valence-electron chi connectivity index (χ3n) is 1.36. The number of rotatable bonds is 4. The molecule has 17 heavy (non-hydrogen) atoms. The van der Waals surface area contributed by atoms with Crippen LogP contribution in [-0.2, 0) is 31.4 Å². The second-order valence-corrected chi connectivity index (χ2v) is 4.32. The normalized spacial score (nSPS) is 7.94. The van der Waals surface area contributed by atoms with E-state index >= 15 is 0 Å². The van der Waals surface area contributed by atoms with E-state index in [2.05, 4.69) is 3.32 Å². The molecule has 0 saturated carbocycles. The molecule has 0 radical (unpaired) electrons. The summed E-state index contributed by atoms with van der Waals surface area (Å²) in [6.07, 6.45) is 0. The van der Waals surface area contributed by atoms with E-state index in [1.807, 2.05) is 6.92 Å². The van der Waals surface area contributed by atoms with Gasteiger partial charge in [0.2, 0.25) is 0 Å². The maximum atomic E-state index is 10.1. The van der Waals surface area contributed by atoms with Gasteiger partial charge in [-0.1, -0.05) is 5.57 Å². The van der Waals surface area contributed by atoms with E-state index in [1.54, 1.807) is 34.8 Å². The van der Waals surface area contributed by atoms with Gasteiger partial charge in [0.1, 0.15) is 0 Å². The van der Waals surface area contributed by atoms with Gasteiger partial charge in [0, 0.05) is 12.2 Å². The number of allylic oxidation sites excluding steroid dienone is 1. The number of aliphatic hydroxyl groups excluding tert-OH is 1. The number of carboxylic acid groups (broad SMARTS) is 1. The molecule has 0 fully saturated rings. The first-order valence-corrected chi connectivity index (χ1v) is 6.54. The third-order valence-corrected chi connectivity index (χ3v) is 2.25. The molecule has 6 heteroatoms. The van der Waals surface area contributed by atoms with Crippen LogP contribution in [0.2, 0.25) is 0 Å². The van der Waals surface area contributed by atoms with E-state index in [0.29, 0.717) is 5.57 Å².